The molecular weight excluding hydrogens is 310 g/mol. The van der Waals surface area contributed by atoms with Crippen molar-refractivity contribution in [2.24, 2.45) is 16.7 Å². The molecule has 0 heterocycles. The maximum absolute atomic E-state index is 5.88. The van der Waals surface area contributed by atoms with E-state index in [0.29, 0.717) is 18.9 Å². The molecule has 0 radical (unpaired) electrons. The number of nitrogens with two attached hydrogens (primary N) is 2. The van der Waals surface area contributed by atoms with Crippen LogP contribution in [0.15, 0.2) is 84.0 Å². The van der Waals surface area contributed by atoms with Crippen molar-refractivity contribution in [1.82, 2.24) is 0 Å². The van der Waals surface area contributed by atoms with E-state index < -0.39 is 0 Å². The van der Waals surface area contributed by atoms with Crippen LogP contribution >= 0.6 is 0 Å². The highest BCUT2D eigenvalue weighted by molar-refractivity contribution is 5.82. The molecule has 25 heavy (non-hydrogen) atoms. The Morgan fingerprint density at radius 3 is 2.20 bits per heavy atom. The summed E-state index contributed by atoms with van der Waals surface area (Å²) < 4.78 is 5.88. The molecule has 0 saturated heterocycles. The van der Waals surface area contributed by atoms with Gasteiger partial charge in [-0.3, -0.25) is 0 Å². The Morgan fingerprint density at radius 1 is 0.800 bits per heavy atom. The highest BCUT2D eigenvalue weighted by Crippen LogP contribution is 2.22. The van der Waals surface area contributed by atoms with Gasteiger partial charge in [0.25, 0.3) is 0 Å². The lowest BCUT2D eigenvalue weighted by Crippen LogP contribution is -2.17. The van der Waals surface area contributed by atoms with Gasteiger partial charge >= 0.3 is 0 Å². The Bertz CT molecular complexity index is 843. The normalized spacial score (nSPS) is 11.3. The van der Waals surface area contributed by atoms with Crippen LogP contribution in [0.3, 0.4) is 0 Å². The first-order chi connectivity index (χ1) is 12.2. The van der Waals surface area contributed by atoms with Crippen LogP contribution in [0.4, 0.5) is 0 Å². The zero-order valence-electron chi connectivity index (χ0n) is 13.9. The van der Waals surface area contributed by atoms with Crippen LogP contribution in [0.1, 0.15) is 11.1 Å². The van der Waals surface area contributed by atoms with E-state index in [2.05, 4.69) is 35.4 Å². The van der Waals surface area contributed by atoms with Gasteiger partial charge in [-0.15, -0.1) is 0 Å². The minimum Gasteiger partial charge on any atom is -0.489 e. The van der Waals surface area contributed by atoms with E-state index in [1.54, 1.807) is 0 Å². The molecule has 0 amide bonds. The molecule has 0 bridgehead atoms. The number of ether oxygens (including phenoxy) is 1. The van der Waals surface area contributed by atoms with Crippen molar-refractivity contribution in [2.75, 3.05) is 0 Å². The molecule has 0 aliphatic rings. The summed E-state index contributed by atoms with van der Waals surface area (Å²) in [4.78, 5) is 0. The number of hydrogen-bond donors (Lipinski definition) is 2. The first-order valence-electron chi connectivity index (χ1n) is 8.13. The Hall–Kier alpha value is -3.27. The van der Waals surface area contributed by atoms with E-state index in [1.807, 2.05) is 48.5 Å². The van der Waals surface area contributed by atoms with Crippen LogP contribution < -0.4 is 16.3 Å². The quantitative estimate of drug-likeness (QED) is 0.313. The molecule has 4 heteroatoms. The second-order valence-corrected chi connectivity index (χ2v) is 5.80. The lowest BCUT2D eigenvalue weighted by Gasteiger charge is -2.09. The number of nitrogens with zero attached hydrogens (tertiary/aromatic N) is 1. The standard InChI is InChI=1S/C21H21N3O/c22-21(24-23)14-16-5-4-6-17(13-16)15-25-20-11-9-19(10-12-20)18-7-2-1-3-8-18/h1-13H,14-15,23H2,(H2,22,24). The minimum absolute atomic E-state index is 0.412. The Balaban J connectivity index is 1.63. The fourth-order valence-corrected chi connectivity index (χ4v) is 2.63. The molecular formula is C21H21N3O. The van der Waals surface area contributed by atoms with Crippen molar-refractivity contribution < 1.29 is 4.74 Å². The summed E-state index contributed by atoms with van der Waals surface area (Å²) in [6.45, 7) is 0.498. The van der Waals surface area contributed by atoms with Crippen molar-refractivity contribution in [1.29, 1.82) is 0 Å². The summed E-state index contributed by atoms with van der Waals surface area (Å²) in [6.07, 6.45) is 0.538. The fraction of sp³-hybridized carbons (Fsp3) is 0.0952. The third kappa shape index (κ3) is 4.61. The second kappa shape index (κ2) is 8.02. The first-order valence-corrected chi connectivity index (χ1v) is 8.13. The zero-order chi connectivity index (χ0) is 17.5. The number of amidine groups is 1. The average Bonchev–Trinajstić information content (AvgIpc) is 2.68. The van der Waals surface area contributed by atoms with Crippen LogP contribution in [-0.4, -0.2) is 5.84 Å². The van der Waals surface area contributed by atoms with Gasteiger partial charge in [-0.1, -0.05) is 66.7 Å². The molecule has 4 N–H and O–H groups in total. The smallest absolute Gasteiger partial charge is 0.123 e. The lowest BCUT2D eigenvalue weighted by molar-refractivity contribution is 0.306. The van der Waals surface area contributed by atoms with Gasteiger partial charge in [0.1, 0.15) is 18.2 Å². The molecule has 0 spiro atoms. The monoisotopic (exact) mass is 331 g/mol. The van der Waals surface area contributed by atoms with Gasteiger partial charge in [-0.2, -0.15) is 5.10 Å². The number of benzene rings is 3. The van der Waals surface area contributed by atoms with Gasteiger partial charge in [0.2, 0.25) is 0 Å². The summed E-state index contributed by atoms with van der Waals surface area (Å²) in [5.74, 6) is 6.44. The number of rotatable bonds is 6. The van der Waals surface area contributed by atoms with E-state index in [4.69, 9.17) is 16.3 Å². The number of hydrazone groups is 1. The molecule has 0 unspecified atom stereocenters. The molecule has 126 valence electrons. The van der Waals surface area contributed by atoms with Gasteiger partial charge in [-0.25, -0.2) is 0 Å². The minimum atomic E-state index is 0.412. The van der Waals surface area contributed by atoms with Crippen LogP contribution in [0.25, 0.3) is 11.1 Å². The van der Waals surface area contributed by atoms with Crippen molar-refractivity contribution in [3.05, 3.63) is 90.0 Å². The molecule has 0 aliphatic heterocycles. The van der Waals surface area contributed by atoms with Gasteiger partial charge in [-0.05, 0) is 34.4 Å². The van der Waals surface area contributed by atoms with E-state index in [1.165, 1.54) is 11.1 Å². The SMILES string of the molecule is N/N=C(\N)Cc1cccc(COc2ccc(-c3ccccc3)cc2)c1. The van der Waals surface area contributed by atoms with Crippen molar-refractivity contribution in [3.8, 4) is 16.9 Å². The molecule has 0 aliphatic carbocycles. The topological polar surface area (TPSA) is 73.6 Å². The molecule has 3 aromatic rings. The van der Waals surface area contributed by atoms with Crippen molar-refractivity contribution in [3.63, 3.8) is 0 Å². The van der Waals surface area contributed by atoms with E-state index >= 15 is 0 Å². The first kappa shape index (κ1) is 16.6. The van der Waals surface area contributed by atoms with E-state index in [9.17, 15) is 0 Å². The maximum atomic E-state index is 5.88. The van der Waals surface area contributed by atoms with Crippen LogP contribution in [-0.2, 0) is 13.0 Å². The molecule has 3 rings (SSSR count). The largest absolute Gasteiger partial charge is 0.489 e. The van der Waals surface area contributed by atoms with Crippen molar-refractivity contribution >= 4 is 5.84 Å². The molecule has 0 fully saturated rings. The predicted molar refractivity (Wildman–Crippen MR) is 102 cm³/mol. The van der Waals surface area contributed by atoms with E-state index in [-0.39, 0.29) is 0 Å². The molecule has 4 nitrogen and oxygen atoms in total. The highest BCUT2D eigenvalue weighted by Gasteiger charge is 2.02. The number of hydrogen-bond acceptors (Lipinski definition) is 3. The van der Waals surface area contributed by atoms with Crippen LogP contribution in [0, 0.1) is 0 Å². The van der Waals surface area contributed by atoms with E-state index in [0.717, 1.165) is 16.9 Å². The summed E-state index contributed by atoms with van der Waals surface area (Å²) >= 11 is 0. The molecule has 0 atom stereocenters. The Morgan fingerprint density at radius 2 is 1.48 bits per heavy atom. The van der Waals surface area contributed by atoms with Crippen LogP contribution in [0.2, 0.25) is 0 Å². The summed E-state index contributed by atoms with van der Waals surface area (Å²) in [5, 5.41) is 3.50. The van der Waals surface area contributed by atoms with Gasteiger partial charge in [0.05, 0.1) is 0 Å². The van der Waals surface area contributed by atoms with Crippen molar-refractivity contribution in [2.45, 2.75) is 13.0 Å². The fourth-order valence-electron chi connectivity index (χ4n) is 2.63. The third-order valence-electron chi connectivity index (χ3n) is 3.91. The van der Waals surface area contributed by atoms with Gasteiger partial charge in [0.15, 0.2) is 0 Å². The summed E-state index contributed by atoms with van der Waals surface area (Å²) in [6, 6.07) is 26.5. The summed E-state index contributed by atoms with van der Waals surface area (Å²) in [5.41, 5.74) is 10.2. The lowest BCUT2D eigenvalue weighted by atomic mass is 10.1. The predicted octanol–water partition coefficient (Wildman–Crippen LogP) is 3.71. The second-order valence-electron chi connectivity index (χ2n) is 5.80. The molecule has 0 saturated carbocycles. The highest BCUT2D eigenvalue weighted by atomic mass is 16.5. The summed E-state index contributed by atoms with van der Waals surface area (Å²) in [7, 11) is 0. The Kier molecular flexibility index (Phi) is 5.32. The third-order valence-corrected chi connectivity index (χ3v) is 3.91. The van der Waals surface area contributed by atoms with Gasteiger partial charge in [0, 0.05) is 6.42 Å². The average molecular weight is 331 g/mol. The Labute approximate surface area is 147 Å². The van der Waals surface area contributed by atoms with Gasteiger partial charge < -0.3 is 16.3 Å². The molecule has 0 aromatic heterocycles. The molecule has 3 aromatic carbocycles. The van der Waals surface area contributed by atoms with Crippen LogP contribution in [0.5, 0.6) is 5.75 Å². The zero-order valence-corrected chi connectivity index (χ0v) is 13.9. The maximum Gasteiger partial charge on any atom is 0.123 e.